The number of aromatic nitrogens is 3. The molecule has 0 unspecified atom stereocenters. The third-order valence-corrected chi connectivity index (χ3v) is 6.26. The van der Waals surface area contributed by atoms with Crippen LogP contribution in [0.15, 0.2) is 10.9 Å². The number of carbonyl (C=O) groups is 2. The van der Waals surface area contributed by atoms with Crippen LogP contribution in [-0.2, 0) is 22.5 Å². The third kappa shape index (κ3) is 4.59. The molecule has 2 aromatic heterocycles. The summed E-state index contributed by atoms with van der Waals surface area (Å²) in [4.78, 5) is 40.8. The van der Waals surface area contributed by atoms with Crippen LogP contribution >= 0.6 is 0 Å². The maximum atomic E-state index is 13.3. The highest BCUT2D eigenvalue weighted by Crippen LogP contribution is 2.22. The van der Waals surface area contributed by atoms with Crippen molar-refractivity contribution in [2.24, 2.45) is 5.92 Å². The molecule has 1 saturated carbocycles. The Labute approximate surface area is 198 Å². The average Bonchev–Trinajstić information content (AvgIpc) is 3.52. The first kappa shape index (κ1) is 24.0. The molecule has 1 aliphatic heterocycles. The van der Waals surface area contributed by atoms with Gasteiger partial charge in [0, 0.05) is 18.7 Å². The number of fused-ring (bicyclic) bond motifs is 1. The molecule has 0 spiro atoms. The summed E-state index contributed by atoms with van der Waals surface area (Å²) in [5, 5.41) is 17.0. The van der Waals surface area contributed by atoms with Crippen LogP contribution in [-0.4, -0.2) is 63.3 Å². The number of carbonyl (C=O) groups excluding carboxylic acids is 2. The van der Waals surface area contributed by atoms with Crippen molar-refractivity contribution in [2.45, 2.75) is 65.6 Å². The van der Waals surface area contributed by atoms with Crippen molar-refractivity contribution in [3.8, 4) is 5.88 Å². The summed E-state index contributed by atoms with van der Waals surface area (Å²) in [6.07, 6.45) is 5.49. The van der Waals surface area contributed by atoms with E-state index in [2.05, 4.69) is 10.4 Å². The van der Waals surface area contributed by atoms with Crippen molar-refractivity contribution in [2.75, 3.05) is 19.8 Å². The van der Waals surface area contributed by atoms with Gasteiger partial charge >= 0.3 is 17.1 Å². The second-order valence-electron chi connectivity index (χ2n) is 9.56. The van der Waals surface area contributed by atoms with E-state index in [1.54, 1.807) is 15.5 Å². The zero-order valence-electron chi connectivity index (χ0n) is 20.3. The molecule has 10 nitrogen and oxygen atoms in total. The molecule has 3 N–H and O–H groups in total. The number of hydrogen-bond donors (Lipinski definition) is 3. The van der Waals surface area contributed by atoms with Gasteiger partial charge in [-0.2, -0.15) is 4.57 Å². The van der Waals surface area contributed by atoms with Gasteiger partial charge in [-0.1, -0.05) is 25.3 Å². The van der Waals surface area contributed by atoms with E-state index in [9.17, 15) is 19.5 Å². The summed E-state index contributed by atoms with van der Waals surface area (Å²) < 4.78 is 8.32. The number of nitrogens with one attached hydrogen (secondary N) is 2. The highest BCUT2D eigenvalue weighted by molar-refractivity contribution is 5.96. The second kappa shape index (κ2) is 9.61. The van der Waals surface area contributed by atoms with Gasteiger partial charge < -0.3 is 20.1 Å². The fourth-order valence-corrected chi connectivity index (χ4v) is 4.33. The molecule has 184 valence electrons. The van der Waals surface area contributed by atoms with Crippen molar-refractivity contribution in [3.05, 3.63) is 33.3 Å². The predicted molar refractivity (Wildman–Crippen MR) is 126 cm³/mol. The lowest BCUT2D eigenvalue weighted by atomic mass is 10.1. The summed E-state index contributed by atoms with van der Waals surface area (Å²) in [6.45, 7) is 9.76. The van der Waals surface area contributed by atoms with Crippen LogP contribution in [0.5, 0.6) is 5.88 Å². The van der Waals surface area contributed by atoms with E-state index in [1.165, 1.54) is 10.6 Å². The topological polar surface area (TPSA) is 120 Å². The lowest BCUT2D eigenvalue weighted by Gasteiger charge is -2.32. The first-order valence-electron chi connectivity index (χ1n) is 12.0. The number of aromatic amines is 1. The Hall–Kier alpha value is -3.14. The summed E-state index contributed by atoms with van der Waals surface area (Å²) in [7, 11) is 0. The Morgan fingerprint density at radius 1 is 1.35 bits per heavy atom. The Kier molecular flexibility index (Phi) is 6.79. The van der Waals surface area contributed by atoms with Crippen LogP contribution in [0, 0.1) is 5.92 Å². The number of aromatic hydroxyl groups is 1. The number of amides is 2. The molecule has 2 aromatic rings. The number of hydrogen-bond acceptors (Lipinski definition) is 5. The maximum Gasteiger partial charge on any atom is 0.378 e. The lowest BCUT2D eigenvalue weighted by Crippen LogP contribution is -2.46. The highest BCUT2D eigenvalue weighted by atomic mass is 16.5. The molecular formula is C24H34N5O5+. The van der Waals surface area contributed by atoms with Crippen LogP contribution in [0.25, 0.3) is 11.7 Å². The van der Waals surface area contributed by atoms with Gasteiger partial charge in [0.25, 0.3) is 5.91 Å². The van der Waals surface area contributed by atoms with Gasteiger partial charge in [0.05, 0.1) is 37.1 Å². The van der Waals surface area contributed by atoms with Crippen LogP contribution in [0.2, 0.25) is 0 Å². The lowest BCUT2D eigenvalue weighted by molar-refractivity contribution is -0.686. The van der Waals surface area contributed by atoms with Crippen LogP contribution in [0.3, 0.4) is 0 Å². The van der Waals surface area contributed by atoms with Crippen molar-refractivity contribution in [1.82, 2.24) is 19.8 Å². The molecule has 0 aromatic carbocycles. The van der Waals surface area contributed by atoms with Gasteiger partial charge in [0.15, 0.2) is 0 Å². The van der Waals surface area contributed by atoms with E-state index in [4.69, 9.17) is 4.74 Å². The van der Waals surface area contributed by atoms with Crippen molar-refractivity contribution in [3.63, 3.8) is 0 Å². The molecule has 2 fully saturated rings. The maximum absolute atomic E-state index is 13.3. The zero-order valence-corrected chi connectivity index (χ0v) is 20.3. The summed E-state index contributed by atoms with van der Waals surface area (Å²) in [5.74, 6) is -0.941. The molecule has 0 radical (unpaired) electrons. The van der Waals surface area contributed by atoms with Crippen molar-refractivity contribution >= 4 is 23.5 Å². The van der Waals surface area contributed by atoms with E-state index in [0.29, 0.717) is 43.9 Å². The SMILES string of the molecule is CCc1[nH]n2c(=O)c(C(=O)NC3CC3)c(O)[n+](CC(C)C)c2c1/C=C/C(=O)N1CCOC[C@@H]1C. The van der Waals surface area contributed by atoms with Gasteiger partial charge in [-0.05, 0) is 38.2 Å². The van der Waals surface area contributed by atoms with Crippen LogP contribution in [0.4, 0.5) is 0 Å². The van der Waals surface area contributed by atoms with E-state index in [1.807, 2.05) is 27.7 Å². The van der Waals surface area contributed by atoms with E-state index in [-0.39, 0.29) is 35.4 Å². The molecule has 2 amide bonds. The molecular weight excluding hydrogens is 438 g/mol. The van der Waals surface area contributed by atoms with Gasteiger partial charge in [-0.3, -0.25) is 9.59 Å². The fourth-order valence-electron chi connectivity index (χ4n) is 4.33. The summed E-state index contributed by atoms with van der Waals surface area (Å²) >= 11 is 0. The third-order valence-electron chi connectivity index (χ3n) is 6.26. The number of rotatable bonds is 7. The Morgan fingerprint density at radius 3 is 2.71 bits per heavy atom. The normalized spacial score (nSPS) is 18.9. The Balaban J connectivity index is 1.84. The predicted octanol–water partition coefficient (Wildman–Crippen LogP) is 0.992. The first-order chi connectivity index (χ1) is 16.2. The largest absolute Gasteiger partial charge is 0.477 e. The molecule has 10 heteroatoms. The monoisotopic (exact) mass is 472 g/mol. The summed E-state index contributed by atoms with van der Waals surface area (Å²) in [5.41, 5.74) is 0.901. The highest BCUT2D eigenvalue weighted by Gasteiger charge is 2.35. The van der Waals surface area contributed by atoms with Gasteiger partial charge in [0.2, 0.25) is 11.5 Å². The van der Waals surface area contributed by atoms with E-state index in [0.717, 1.165) is 18.5 Å². The molecule has 4 rings (SSSR count). The molecule has 34 heavy (non-hydrogen) atoms. The number of nitrogens with zero attached hydrogens (tertiary/aromatic N) is 3. The standard InChI is InChI=1S/C24H33N5O5/c1-5-18-17(8-9-19(30)27-10-11-34-13-15(27)4)22-28(12-14(2)3)23(32)20(24(33)29(22)26-18)21(31)25-16-6-7-16/h8-9,14-16H,5-7,10-13H2,1-4H3,(H2,25,31,32,33)/p+1/b9-8+/t15-/m0/s1. The van der Waals surface area contributed by atoms with Gasteiger partial charge in [0.1, 0.15) is 0 Å². The minimum Gasteiger partial charge on any atom is -0.477 e. The molecule has 1 atom stereocenters. The van der Waals surface area contributed by atoms with Crippen LogP contribution < -0.4 is 15.4 Å². The first-order valence-corrected chi connectivity index (χ1v) is 12.0. The number of H-pyrrole nitrogens is 1. The molecule has 3 heterocycles. The smallest absolute Gasteiger partial charge is 0.378 e. The average molecular weight is 473 g/mol. The zero-order chi connectivity index (χ0) is 24.6. The number of ether oxygens (including phenoxy) is 1. The van der Waals surface area contributed by atoms with Gasteiger partial charge in [-0.15, -0.1) is 0 Å². The Morgan fingerprint density at radius 2 is 2.09 bits per heavy atom. The minimum absolute atomic E-state index is 0.0235. The second-order valence-corrected chi connectivity index (χ2v) is 9.56. The van der Waals surface area contributed by atoms with E-state index < -0.39 is 11.5 Å². The molecule has 1 saturated heterocycles. The summed E-state index contributed by atoms with van der Waals surface area (Å²) in [6, 6.07) is 0.0251. The van der Waals surface area contributed by atoms with Crippen LogP contribution in [0.1, 0.15) is 62.2 Å². The molecule has 0 bridgehead atoms. The Bertz CT molecular complexity index is 1190. The van der Waals surface area contributed by atoms with E-state index >= 15 is 0 Å². The minimum atomic E-state index is -0.617. The van der Waals surface area contributed by atoms with Crippen molar-refractivity contribution in [1.29, 1.82) is 0 Å². The molecule has 2 aliphatic rings. The van der Waals surface area contributed by atoms with Crippen molar-refractivity contribution < 1.29 is 24.0 Å². The fraction of sp³-hybridized carbons (Fsp3) is 0.583. The molecule has 1 aliphatic carbocycles. The number of morpholine rings is 1. The number of aryl methyl sites for hydroxylation is 1. The van der Waals surface area contributed by atoms with Gasteiger partial charge in [-0.25, -0.2) is 9.89 Å². The quantitative estimate of drug-likeness (QED) is 0.410.